The molecule has 2 aromatic rings. The summed E-state index contributed by atoms with van der Waals surface area (Å²) in [7, 11) is 0. The van der Waals surface area contributed by atoms with Gasteiger partial charge in [0, 0.05) is 22.8 Å². The third-order valence-corrected chi connectivity index (χ3v) is 2.93. The third-order valence-electron chi connectivity index (χ3n) is 2.58. The van der Waals surface area contributed by atoms with Gasteiger partial charge in [-0.15, -0.1) is 0 Å². The minimum absolute atomic E-state index is 0.170. The molecule has 0 amide bonds. The molecule has 0 aliphatic carbocycles. The van der Waals surface area contributed by atoms with E-state index in [1.54, 1.807) is 30.3 Å². The molecule has 0 heterocycles. The SMILES string of the molecule is N#Cc1ccc(NCc2c(O)cccc2Cl)cc1. The highest BCUT2D eigenvalue weighted by Crippen LogP contribution is 2.26. The van der Waals surface area contributed by atoms with E-state index in [0.717, 1.165) is 5.69 Å². The number of phenols is 1. The summed E-state index contributed by atoms with van der Waals surface area (Å²) in [4.78, 5) is 0. The van der Waals surface area contributed by atoms with Crippen LogP contribution in [0, 0.1) is 11.3 Å². The van der Waals surface area contributed by atoms with Crippen LogP contribution in [0.15, 0.2) is 42.5 Å². The molecule has 18 heavy (non-hydrogen) atoms. The maximum Gasteiger partial charge on any atom is 0.122 e. The third kappa shape index (κ3) is 2.73. The highest BCUT2D eigenvalue weighted by molar-refractivity contribution is 6.31. The van der Waals surface area contributed by atoms with Crippen LogP contribution in [0.25, 0.3) is 0 Å². The van der Waals surface area contributed by atoms with Gasteiger partial charge < -0.3 is 10.4 Å². The topological polar surface area (TPSA) is 56.0 Å². The number of benzene rings is 2. The van der Waals surface area contributed by atoms with Crippen molar-refractivity contribution < 1.29 is 5.11 Å². The molecule has 90 valence electrons. The summed E-state index contributed by atoms with van der Waals surface area (Å²) in [6, 6.07) is 14.2. The highest BCUT2D eigenvalue weighted by Gasteiger charge is 2.05. The maximum absolute atomic E-state index is 9.68. The molecule has 2 rings (SSSR count). The Labute approximate surface area is 110 Å². The maximum atomic E-state index is 9.68. The lowest BCUT2D eigenvalue weighted by molar-refractivity contribution is 0.469. The summed E-state index contributed by atoms with van der Waals surface area (Å²) in [5.74, 6) is 0.170. The van der Waals surface area contributed by atoms with Gasteiger partial charge in [0.2, 0.25) is 0 Å². The molecule has 0 fully saturated rings. The second-order valence-electron chi connectivity index (χ2n) is 3.78. The highest BCUT2D eigenvalue weighted by atomic mass is 35.5. The summed E-state index contributed by atoms with van der Waals surface area (Å²) in [5.41, 5.74) is 2.14. The molecular weight excluding hydrogens is 248 g/mol. The van der Waals surface area contributed by atoms with Gasteiger partial charge in [0.25, 0.3) is 0 Å². The van der Waals surface area contributed by atoms with E-state index < -0.39 is 0 Å². The van der Waals surface area contributed by atoms with Crippen molar-refractivity contribution in [1.29, 1.82) is 5.26 Å². The van der Waals surface area contributed by atoms with Crippen molar-refractivity contribution in [3.63, 3.8) is 0 Å². The van der Waals surface area contributed by atoms with E-state index in [4.69, 9.17) is 16.9 Å². The number of hydrogen-bond acceptors (Lipinski definition) is 3. The van der Waals surface area contributed by atoms with Gasteiger partial charge in [-0.2, -0.15) is 5.26 Å². The minimum atomic E-state index is 0.170. The van der Waals surface area contributed by atoms with Gasteiger partial charge in [0.05, 0.1) is 11.6 Å². The number of anilines is 1. The van der Waals surface area contributed by atoms with Gasteiger partial charge in [-0.3, -0.25) is 0 Å². The smallest absolute Gasteiger partial charge is 0.122 e. The van der Waals surface area contributed by atoms with E-state index in [0.29, 0.717) is 22.7 Å². The Hall–Kier alpha value is -2.18. The van der Waals surface area contributed by atoms with Crippen molar-refractivity contribution in [3.8, 4) is 11.8 Å². The molecule has 0 spiro atoms. The Balaban J connectivity index is 2.09. The lowest BCUT2D eigenvalue weighted by Crippen LogP contribution is -2.00. The molecule has 4 heteroatoms. The molecule has 3 nitrogen and oxygen atoms in total. The summed E-state index contributed by atoms with van der Waals surface area (Å²) >= 11 is 6.00. The zero-order valence-corrected chi connectivity index (χ0v) is 10.3. The number of halogens is 1. The van der Waals surface area contributed by atoms with Gasteiger partial charge >= 0.3 is 0 Å². The standard InChI is InChI=1S/C14H11ClN2O/c15-13-2-1-3-14(18)12(13)9-17-11-6-4-10(8-16)5-7-11/h1-7,17-18H,9H2. The fraction of sp³-hybridized carbons (Fsp3) is 0.0714. The molecular formula is C14H11ClN2O. The predicted octanol–water partition coefficient (Wildman–Crippen LogP) is 3.53. The van der Waals surface area contributed by atoms with Crippen LogP contribution >= 0.6 is 11.6 Å². The molecule has 0 saturated heterocycles. The van der Waals surface area contributed by atoms with Gasteiger partial charge in [0.15, 0.2) is 0 Å². The van der Waals surface area contributed by atoms with E-state index in [2.05, 4.69) is 11.4 Å². The second-order valence-corrected chi connectivity index (χ2v) is 4.19. The number of nitrogens with zero attached hydrogens (tertiary/aromatic N) is 1. The molecule has 0 aliphatic heterocycles. The number of nitriles is 1. The van der Waals surface area contributed by atoms with Crippen molar-refractivity contribution in [2.45, 2.75) is 6.54 Å². The summed E-state index contributed by atoms with van der Waals surface area (Å²) in [6.45, 7) is 0.428. The Morgan fingerprint density at radius 1 is 1.17 bits per heavy atom. The van der Waals surface area contributed by atoms with Crippen LogP contribution in [0.5, 0.6) is 5.75 Å². The Bertz CT molecular complexity index is 567. The van der Waals surface area contributed by atoms with Crippen LogP contribution in [0.3, 0.4) is 0 Å². The fourth-order valence-electron chi connectivity index (χ4n) is 1.58. The average molecular weight is 259 g/mol. The van der Waals surface area contributed by atoms with E-state index in [1.165, 1.54) is 0 Å². The molecule has 0 radical (unpaired) electrons. The predicted molar refractivity (Wildman–Crippen MR) is 71.6 cm³/mol. The van der Waals surface area contributed by atoms with Gasteiger partial charge in [-0.1, -0.05) is 17.7 Å². The summed E-state index contributed by atoms with van der Waals surface area (Å²) < 4.78 is 0. The minimum Gasteiger partial charge on any atom is -0.508 e. The van der Waals surface area contributed by atoms with Crippen LogP contribution in [0.1, 0.15) is 11.1 Å². The number of phenolic OH excluding ortho intramolecular Hbond substituents is 1. The summed E-state index contributed by atoms with van der Waals surface area (Å²) in [6.07, 6.45) is 0. The molecule has 0 saturated carbocycles. The van der Waals surface area contributed by atoms with Crippen LogP contribution in [-0.4, -0.2) is 5.11 Å². The lowest BCUT2D eigenvalue weighted by Gasteiger charge is -2.09. The number of aromatic hydroxyl groups is 1. The van der Waals surface area contributed by atoms with Crippen molar-refractivity contribution in [2.24, 2.45) is 0 Å². The molecule has 0 bridgehead atoms. The molecule has 0 unspecified atom stereocenters. The van der Waals surface area contributed by atoms with Gasteiger partial charge in [-0.05, 0) is 36.4 Å². The molecule has 0 atom stereocenters. The largest absolute Gasteiger partial charge is 0.508 e. The zero-order valence-electron chi connectivity index (χ0n) is 9.52. The van der Waals surface area contributed by atoms with E-state index in [-0.39, 0.29) is 5.75 Å². The normalized spacial score (nSPS) is 9.78. The molecule has 0 aromatic heterocycles. The first-order chi connectivity index (χ1) is 8.70. The number of rotatable bonds is 3. The van der Waals surface area contributed by atoms with Crippen molar-refractivity contribution >= 4 is 17.3 Å². The first-order valence-corrected chi connectivity index (χ1v) is 5.79. The second kappa shape index (κ2) is 5.44. The van der Waals surface area contributed by atoms with E-state index >= 15 is 0 Å². The monoisotopic (exact) mass is 258 g/mol. The number of hydrogen-bond donors (Lipinski definition) is 2. The van der Waals surface area contributed by atoms with Gasteiger partial charge in [-0.25, -0.2) is 0 Å². The number of nitrogens with one attached hydrogen (secondary N) is 1. The van der Waals surface area contributed by atoms with Crippen LogP contribution in [0.4, 0.5) is 5.69 Å². The Morgan fingerprint density at radius 3 is 2.50 bits per heavy atom. The van der Waals surface area contributed by atoms with Crippen molar-refractivity contribution in [1.82, 2.24) is 0 Å². The van der Waals surface area contributed by atoms with E-state index in [1.807, 2.05) is 12.1 Å². The quantitative estimate of drug-likeness (QED) is 0.886. The molecule has 2 aromatic carbocycles. The first-order valence-electron chi connectivity index (χ1n) is 5.41. The zero-order chi connectivity index (χ0) is 13.0. The van der Waals surface area contributed by atoms with Gasteiger partial charge in [0.1, 0.15) is 5.75 Å². The summed E-state index contributed by atoms with van der Waals surface area (Å²) in [5, 5.41) is 22.0. The fourth-order valence-corrected chi connectivity index (χ4v) is 1.81. The van der Waals surface area contributed by atoms with Crippen LogP contribution < -0.4 is 5.32 Å². The van der Waals surface area contributed by atoms with Crippen molar-refractivity contribution in [3.05, 3.63) is 58.6 Å². The van der Waals surface area contributed by atoms with E-state index in [9.17, 15) is 5.11 Å². The molecule has 2 N–H and O–H groups in total. The van der Waals surface area contributed by atoms with Crippen LogP contribution in [-0.2, 0) is 6.54 Å². The Morgan fingerprint density at radius 2 is 1.89 bits per heavy atom. The van der Waals surface area contributed by atoms with Crippen LogP contribution in [0.2, 0.25) is 5.02 Å². The Kier molecular flexibility index (Phi) is 3.71. The lowest BCUT2D eigenvalue weighted by atomic mass is 10.2. The first kappa shape index (κ1) is 12.3. The molecule has 0 aliphatic rings. The average Bonchev–Trinajstić information content (AvgIpc) is 2.39. The van der Waals surface area contributed by atoms with Crippen molar-refractivity contribution in [2.75, 3.05) is 5.32 Å².